The summed E-state index contributed by atoms with van der Waals surface area (Å²) in [6.07, 6.45) is -0.0358. The highest BCUT2D eigenvalue weighted by atomic mass is 35.5. The molecule has 0 heterocycles. The highest BCUT2D eigenvalue weighted by Gasteiger charge is 2.39. The monoisotopic (exact) mass is 464 g/mol. The van der Waals surface area contributed by atoms with Gasteiger partial charge in [0.15, 0.2) is 5.92 Å². The molecule has 1 atom stereocenters. The van der Waals surface area contributed by atoms with Gasteiger partial charge in [-0.3, -0.25) is 9.59 Å². The van der Waals surface area contributed by atoms with E-state index < -0.39 is 23.8 Å². The molecule has 3 aromatic rings. The van der Waals surface area contributed by atoms with Crippen LogP contribution in [0.5, 0.6) is 0 Å². The molecule has 0 N–H and O–H groups in total. The third-order valence-electron chi connectivity index (χ3n) is 5.14. The number of esters is 2. The Morgan fingerprint density at radius 2 is 1.27 bits per heavy atom. The van der Waals surface area contributed by atoms with Crippen LogP contribution in [0.3, 0.4) is 0 Å². The molecule has 0 spiro atoms. The van der Waals surface area contributed by atoms with Crippen molar-refractivity contribution in [3.8, 4) is 0 Å². The first-order valence-electron chi connectivity index (χ1n) is 10.6. The molecule has 0 aliphatic rings. The van der Waals surface area contributed by atoms with E-state index in [1.165, 1.54) is 6.92 Å². The summed E-state index contributed by atoms with van der Waals surface area (Å²) < 4.78 is 11.0. The molecule has 170 valence electrons. The molecular formula is C27H25ClO5. The average Bonchev–Trinajstić information content (AvgIpc) is 2.82. The van der Waals surface area contributed by atoms with Gasteiger partial charge < -0.3 is 14.3 Å². The molecular weight excluding hydrogens is 440 g/mol. The lowest BCUT2D eigenvalue weighted by Gasteiger charge is -2.24. The van der Waals surface area contributed by atoms with Crippen molar-refractivity contribution in [2.24, 2.45) is 5.92 Å². The second-order valence-electron chi connectivity index (χ2n) is 7.73. The molecule has 3 aromatic carbocycles. The van der Waals surface area contributed by atoms with Gasteiger partial charge in [0, 0.05) is 17.4 Å². The zero-order chi connectivity index (χ0) is 23.6. The van der Waals surface area contributed by atoms with Crippen molar-refractivity contribution in [2.45, 2.75) is 32.5 Å². The van der Waals surface area contributed by atoms with Crippen LogP contribution in [0, 0.1) is 5.92 Å². The molecule has 0 aliphatic heterocycles. The van der Waals surface area contributed by atoms with E-state index in [0.717, 1.165) is 11.1 Å². The Bertz CT molecular complexity index is 1030. The van der Waals surface area contributed by atoms with E-state index in [0.29, 0.717) is 10.6 Å². The van der Waals surface area contributed by atoms with Crippen LogP contribution in [-0.2, 0) is 37.1 Å². The van der Waals surface area contributed by atoms with E-state index in [-0.39, 0.29) is 25.4 Å². The Hall–Kier alpha value is -3.44. The summed E-state index contributed by atoms with van der Waals surface area (Å²) in [5, 5.41) is 0.440. The summed E-state index contributed by atoms with van der Waals surface area (Å²) in [7, 11) is 0. The molecule has 5 nitrogen and oxygen atoms in total. The van der Waals surface area contributed by atoms with Crippen molar-refractivity contribution in [1.29, 1.82) is 0 Å². The topological polar surface area (TPSA) is 69.7 Å². The fourth-order valence-corrected chi connectivity index (χ4v) is 3.74. The van der Waals surface area contributed by atoms with Gasteiger partial charge in [0.05, 0.1) is 0 Å². The van der Waals surface area contributed by atoms with Crippen molar-refractivity contribution in [2.75, 3.05) is 0 Å². The highest BCUT2D eigenvalue weighted by Crippen LogP contribution is 2.33. The molecule has 0 bridgehead atoms. The Balaban J connectivity index is 1.87. The second kappa shape index (κ2) is 12.0. The number of ketones is 1. The van der Waals surface area contributed by atoms with Crippen molar-refractivity contribution in [3.05, 3.63) is 107 Å². The van der Waals surface area contributed by atoms with Gasteiger partial charge in [-0.15, -0.1) is 0 Å². The summed E-state index contributed by atoms with van der Waals surface area (Å²) in [4.78, 5) is 38.4. The first kappa shape index (κ1) is 24.2. The molecule has 0 unspecified atom stereocenters. The first-order valence-corrected chi connectivity index (χ1v) is 11.0. The number of hydrogen-bond acceptors (Lipinski definition) is 5. The minimum absolute atomic E-state index is 0.00444. The van der Waals surface area contributed by atoms with E-state index in [9.17, 15) is 14.4 Å². The number of hydrogen-bond donors (Lipinski definition) is 0. The van der Waals surface area contributed by atoms with E-state index in [1.807, 2.05) is 60.7 Å². The molecule has 0 saturated carbocycles. The number of Topliss-reactive ketones (excluding diaryl/α,β-unsaturated/α-hetero) is 1. The Morgan fingerprint density at radius 1 is 0.758 bits per heavy atom. The van der Waals surface area contributed by atoms with Gasteiger partial charge in [0.25, 0.3) is 0 Å². The average molecular weight is 465 g/mol. The fraction of sp³-hybridized carbons (Fsp3) is 0.222. The van der Waals surface area contributed by atoms with Crippen molar-refractivity contribution in [1.82, 2.24) is 0 Å². The first-order chi connectivity index (χ1) is 15.9. The summed E-state index contributed by atoms with van der Waals surface area (Å²) in [6.45, 7) is 1.42. The number of halogens is 1. The Labute approximate surface area is 198 Å². The SMILES string of the molecule is CC(=O)C[C@@H](c1cccc(Cl)c1)C(C(=O)OCc1ccccc1)C(=O)OCc1ccccc1. The third-order valence-corrected chi connectivity index (χ3v) is 5.38. The summed E-state index contributed by atoms with van der Waals surface area (Å²) >= 11 is 6.15. The van der Waals surface area contributed by atoms with Crippen molar-refractivity contribution < 1.29 is 23.9 Å². The minimum atomic E-state index is -1.32. The zero-order valence-corrected chi connectivity index (χ0v) is 19.0. The van der Waals surface area contributed by atoms with Crippen LogP contribution >= 0.6 is 11.6 Å². The van der Waals surface area contributed by atoms with Crippen LogP contribution in [0.15, 0.2) is 84.9 Å². The molecule has 0 radical (unpaired) electrons. The lowest BCUT2D eigenvalue weighted by molar-refractivity contribution is -0.165. The van der Waals surface area contributed by atoms with Crippen LogP contribution < -0.4 is 0 Å². The van der Waals surface area contributed by atoms with Crippen LogP contribution in [0.25, 0.3) is 0 Å². The normalized spacial score (nSPS) is 11.6. The number of carbonyl (C=O) groups is 3. The molecule has 3 rings (SSSR count). The van der Waals surface area contributed by atoms with E-state index in [1.54, 1.807) is 24.3 Å². The maximum atomic E-state index is 13.2. The summed E-state index contributed by atoms with van der Waals surface area (Å²) in [5.41, 5.74) is 2.16. The van der Waals surface area contributed by atoms with Gasteiger partial charge in [-0.2, -0.15) is 0 Å². The quantitative estimate of drug-likeness (QED) is 0.292. The second-order valence-corrected chi connectivity index (χ2v) is 8.17. The van der Waals surface area contributed by atoms with Crippen molar-refractivity contribution in [3.63, 3.8) is 0 Å². The molecule has 0 saturated heterocycles. The van der Waals surface area contributed by atoms with Crippen LogP contribution in [0.4, 0.5) is 0 Å². The Kier molecular flexibility index (Phi) is 8.79. The van der Waals surface area contributed by atoms with Gasteiger partial charge in [-0.05, 0) is 35.7 Å². The van der Waals surface area contributed by atoms with E-state index in [2.05, 4.69) is 0 Å². The van der Waals surface area contributed by atoms with Gasteiger partial charge in [-0.1, -0.05) is 84.4 Å². The fourth-order valence-electron chi connectivity index (χ4n) is 3.54. The molecule has 0 aromatic heterocycles. The number of benzene rings is 3. The standard InChI is InChI=1S/C27H25ClO5/c1-19(29)15-24(22-13-8-14-23(28)16-22)25(26(30)32-17-20-9-4-2-5-10-20)27(31)33-18-21-11-6-3-7-12-21/h2-14,16,24-25H,15,17-18H2,1H3/t24-/m0/s1. The van der Waals surface area contributed by atoms with Gasteiger partial charge in [0.2, 0.25) is 0 Å². The predicted octanol–water partition coefficient (Wildman–Crippen LogP) is 5.51. The van der Waals surface area contributed by atoms with Gasteiger partial charge in [0.1, 0.15) is 19.0 Å². The van der Waals surface area contributed by atoms with Crippen LogP contribution in [-0.4, -0.2) is 17.7 Å². The molecule has 0 amide bonds. The van der Waals surface area contributed by atoms with Gasteiger partial charge >= 0.3 is 11.9 Å². The number of carbonyl (C=O) groups excluding carboxylic acids is 3. The highest BCUT2D eigenvalue weighted by molar-refractivity contribution is 6.30. The molecule has 0 aliphatic carbocycles. The smallest absolute Gasteiger partial charge is 0.321 e. The number of rotatable bonds is 10. The van der Waals surface area contributed by atoms with Crippen molar-refractivity contribution >= 4 is 29.3 Å². The summed E-state index contributed by atoms with van der Waals surface area (Å²) in [5.74, 6) is -3.75. The van der Waals surface area contributed by atoms with Crippen LogP contribution in [0.1, 0.15) is 36.0 Å². The largest absolute Gasteiger partial charge is 0.460 e. The van der Waals surface area contributed by atoms with Gasteiger partial charge in [-0.25, -0.2) is 0 Å². The molecule has 0 fully saturated rings. The summed E-state index contributed by atoms with van der Waals surface area (Å²) in [6, 6.07) is 25.1. The maximum absolute atomic E-state index is 13.2. The molecule has 6 heteroatoms. The van der Waals surface area contributed by atoms with Crippen LogP contribution in [0.2, 0.25) is 5.02 Å². The number of ether oxygens (including phenoxy) is 2. The maximum Gasteiger partial charge on any atom is 0.321 e. The molecule has 33 heavy (non-hydrogen) atoms. The lowest BCUT2D eigenvalue weighted by atomic mass is 9.82. The lowest BCUT2D eigenvalue weighted by Crippen LogP contribution is -2.34. The van der Waals surface area contributed by atoms with E-state index in [4.69, 9.17) is 21.1 Å². The Morgan fingerprint density at radius 3 is 1.73 bits per heavy atom. The van der Waals surface area contributed by atoms with E-state index >= 15 is 0 Å². The minimum Gasteiger partial charge on any atom is -0.460 e. The third kappa shape index (κ3) is 7.29. The zero-order valence-electron chi connectivity index (χ0n) is 18.3. The predicted molar refractivity (Wildman–Crippen MR) is 125 cm³/mol.